The SMILES string of the molecule is COc1c(-c2cc(C(N)=O)ccc2-c2ccc(-c3noc(C)n3)cc2C)cccc1N1CCN(C)CC1. The van der Waals surface area contributed by atoms with Crippen molar-refractivity contribution in [3.63, 3.8) is 0 Å². The Hall–Kier alpha value is -4.17. The fourth-order valence-corrected chi connectivity index (χ4v) is 4.92. The molecule has 1 fully saturated rings. The molecular weight excluding hydrogens is 466 g/mol. The van der Waals surface area contributed by atoms with Gasteiger partial charge in [0.25, 0.3) is 0 Å². The number of aromatic nitrogens is 2. The van der Waals surface area contributed by atoms with E-state index in [0.717, 1.165) is 71.0 Å². The minimum absolute atomic E-state index is 0.447. The standard InChI is InChI=1S/C29H31N5O3/c1-18-16-21(29-31-19(2)37-32-29)9-10-22(18)23-11-8-20(28(30)35)17-25(23)24-6-5-7-26(27(24)36-4)34-14-12-33(3)13-15-34/h5-11,16-17H,12-15H2,1-4H3,(H2,30,35). The van der Waals surface area contributed by atoms with Crippen LogP contribution in [0.5, 0.6) is 5.75 Å². The summed E-state index contributed by atoms with van der Waals surface area (Å²) in [5, 5.41) is 4.05. The Bertz CT molecular complexity index is 1450. The number of hydrogen-bond donors (Lipinski definition) is 1. The summed E-state index contributed by atoms with van der Waals surface area (Å²) in [4.78, 5) is 21.2. The first-order chi connectivity index (χ1) is 17.9. The van der Waals surface area contributed by atoms with E-state index in [2.05, 4.69) is 46.0 Å². The Balaban J connectivity index is 1.65. The first kappa shape index (κ1) is 24.5. The number of nitrogens with zero attached hydrogens (tertiary/aromatic N) is 4. The second-order valence-electron chi connectivity index (χ2n) is 9.44. The predicted octanol–water partition coefficient (Wildman–Crippen LogP) is 4.55. The molecule has 0 radical (unpaired) electrons. The summed E-state index contributed by atoms with van der Waals surface area (Å²) in [6.45, 7) is 7.63. The van der Waals surface area contributed by atoms with E-state index in [1.54, 1.807) is 20.1 Å². The fraction of sp³-hybridized carbons (Fsp3) is 0.276. The van der Waals surface area contributed by atoms with Gasteiger partial charge >= 0.3 is 0 Å². The van der Waals surface area contributed by atoms with Crippen LogP contribution in [0.4, 0.5) is 5.69 Å². The van der Waals surface area contributed by atoms with Gasteiger partial charge in [-0.1, -0.05) is 35.5 Å². The van der Waals surface area contributed by atoms with Crippen molar-refractivity contribution in [1.29, 1.82) is 0 Å². The molecular formula is C29H31N5O3. The normalized spacial score (nSPS) is 14.1. The van der Waals surface area contributed by atoms with Crippen molar-refractivity contribution < 1.29 is 14.1 Å². The average molecular weight is 498 g/mol. The van der Waals surface area contributed by atoms with E-state index < -0.39 is 5.91 Å². The zero-order chi connectivity index (χ0) is 26.1. The predicted molar refractivity (Wildman–Crippen MR) is 145 cm³/mol. The van der Waals surface area contributed by atoms with Crippen molar-refractivity contribution in [3.8, 4) is 39.4 Å². The molecule has 4 aromatic rings. The van der Waals surface area contributed by atoms with Gasteiger partial charge in [0, 0.05) is 49.8 Å². The molecule has 0 atom stereocenters. The molecule has 1 aromatic heterocycles. The molecule has 3 aromatic carbocycles. The topological polar surface area (TPSA) is 97.7 Å². The lowest BCUT2D eigenvalue weighted by Crippen LogP contribution is -2.44. The van der Waals surface area contributed by atoms with Crippen LogP contribution < -0.4 is 15.4 Å². The van der Waals surface area contributed by atoms with Gasteiger partial charge in [-0.05, 0) is 60.5 Å². The summed E-state index contributed by atoms with van der Waals surface area (Å²) >= 11 is 0. The summed E-state index contributed by atoms with van der Waals surface area (Å²) in [5.41, 5.74) is 12.9. The molecule has 1 aliphatic heterocycles. The van der Waals surface area contributed by atoms with Gasteiger partial charge in [-0.25, -0.2) is 0 Å². The fourth-order valence-electron chi connectivity index (χ4n) is 4.92. The van der Waals surface area contributed by atoms with Gasteiger partial charge in [0.2, 0.25) is 17.6 Å². The number of ether oxygens (including phenoxy) is 1. The quantitative estimate of drug-likeness (QED) is 0.417. The number of benzene rings is 3. The highest BCUT2D eigenvalue weighted by molar-refractivity contribution is 5.98. The second-order valence-corrected chi connectivity index (χ2v) is 9.44. The Morgan fingerprint density at radius 3 is 2.35 bits per heavy atom. The maximum Gasteiger partial charge on any atom is 0.248 e. The van der Waals surface area contributed by atoms with Gasteiger partial charge in [0.1, 0.15) is 5.75 Å². The molecule has 190 valence electrons. The number of para-hydroxylation sites is 1. The minimum Gasteiger partial charge on any atom is -0.494 e. The summed E-state index contributed by atoms with van der Waals surface area (Å²) in [5.74, 6) is 1.39. The third kappa shape index (κ3) is 4.80. The Morgan fingerprint density at radius 2 is 1.70 bits per heavy atom. The number of nitrogens with two attached hydrogens (primary N) is 1. The van der Waals surface area contributed by atoms with Gasteiger partial charge in [0.15, 0.2) is 0 Å². The molecule has 2 N–H and O–H groups in total. The smallest absolute Gasteiger partial charge is 0.248 e. The number of hydrogen-bond acceptors (Lipinski definition) is 7. The number of primary amides is 1. The van der Waals surface area contributed by atoms with Gasteiger partial charge < -0.3 is 24.8 Å². The lowest BCUT2D eigenvalue weighted by molar-refractivity contribution is 0.100. The van der Waals surface area contributed by atoms with Crippen molar-refractivity contribution in [2.75, 3.05) is 45.2 Å². The molecule has 0 aliphatic carbocycles. The number of methoxy groups -OCH3 is 1. The number of piperazine rings is 1. The van der Waals surface area contributed by atoms with Crippen LogP contribution in [0.3, 0.4) is 0 Å². The van der Waals surface area contributed by atoms with Gasteiger partial charge in [-0.2, -0.15) is 4.98 Å². The van der Waals surface area contributed by atoms with E-state index in [1.165, 1.54) is 0 Å². The van der Waals surface area contributed by atoms with Crippen molar-refractivity contribution >= 4 is 11.6 Å². The van der Waals surface area contributed by atoms with Crippen LogP contribution in [0.2, 0.25) is 0 Å². The Labute approximate surface area is 216 Å². The van der Waals surface area contributed by atoms with Crippen LogP contribution in [-0.4, -0.2) is 61.3 Å². The van der Waals surface area contributed by atoms with E-state index in [-0.39, 0.29) is 0 Å². The third-order valence-electron chi connectivity index (χ3n) is 6.94. The number of carbonyl (C=O) groups excluding carboxylic acids is 1. The molecule has 2 heterocycles. The van der Waals surface area contributed by atoms with Crippen molar-refractivity contribution in [1.82, 2.24) is 15.0 Å². The highest BCUT2D eigenvalue weighted by Crippen LogP contribution is 2.44. The van der Waals surface area contributed by atoms with E-state index in [9.17, 15) is 4.79 Å². The first-order valence-corrected chi connectivity index (χ1v) is 12.3. The highest BCUT2D eigenvalue weighted by atomic mass is 16.5. The van der Waals surface area contributed by atoms with Crippen LogP contribution in [0.25, 0.3) is 33.6 Å². The molecule has 8 nitrogen and oxygen atoms in total. The largest absolute Gasteiger partial charge is 0.494 e. The number of amides is 1. The maximum absolute atomic E-state index is 12.2. The zero-order valence-corrected chi connectivity index (χ0v) is 21.6. The van der Waals surface area contributed by atoms with E-state index in [4.69, 9.17) is 15.0 Å². The summed E-state index contributed by atoms with van der Waals surface area (Å²) in [6.07, 6.45) is 0. The van der Waals surface area contributed by atoms with Crippen molar-refractivity contribution in [2.24, 2.45) is 5.73 Å². The van der Waals surface area contributed by atoms with Crippen LogP contribution in [0.1, 0.15) is 21.8 Å². The number of anilines is 1. The summed E-state index contributed by atoms with van der Waals surface area (Å²) < 4.78 is 11.2. The lowest BCUT2D eigenvalue weighted by Gasteiger charge is -2.35. The molecule has 5 rings (SSSR count). The molecule has 0 saturated carbocycles. The molecule has 37 heavy (non-hydrogen) atoms. The summed E-state index contributed by atoms with van der Waals surface area (Å²) in [6, 6.07) is 17.8. The monoisotopic (exact) mass is 497 g/mol. The van der Waals surface area contributed by atoms with Gasteiger partial charge in [-0.3, -0.25) is 4.79 Å². The number of likely N-dealkylation sites (N-methyl/N-ethyl adjacent to an activating group) is 1. The van der Waals surface area contributed by atoms with Crippen LogP contribution in [-0.2, 0) is 0 Å². The number of rotatable bonds is 6. The van der Waals surface area contributed by atoms with E-state index in [1.807, 2.05) is 36.4 Å². The summed E-state index contributed by atoms with van der Waals surface area (Å²) in [7, 11) is 3.84. The van der Waals surface area contributed by atoms with E-state index in [0.29, 0.717) is 17.3 Å². The van der Waals surface area contributed by atoms with Crippen LogP contribution in [0, 0.1) is 13.8 Å². The molecule has 0 bridgehead atoms. The van der Waals surface area contributed by atoms with Crippen LogP contribution in [0.15, 0.2) is 59.1 Å². The van der Waals surface area contributed by atoms with Crippen molar-refractivity contribution in [2.45, 2.75) is 13.8 Å². The Kier molecular flexibility index (Phi) is 6.67. The molecule has 1 aliphatic rings. The molecule has 0 spiro atoms. The zero-order valence-electron chi connectivity index (χ0n) is 21.6. The molecule has 1 saturated heterocycles. The molecule has 0 unspecified atom stereocenters. The first-order valence-electron chi connectivity index (χ1n) is 12.3. The van der Waals surface area contributed by atoms with Crippen molar-refractivity contribution in [3.05, 3.63) is 71.6 Å². The van der Waals surface area contributed by atoms with Gasteiger partial charge in [-0.15, -0.1) is 0 Å². The minimum atomic E-state index is -0.471. The van der Waals surface area contributed by atoms with Gasteiger partial charge in [0.05, 0.1) is 12.8 Å². The molecule has 8 heteroatoms. The molecule has 1 amide bonds. The van der Waals surface area contributed by atoms with Crippen LogP contribution >= 0.6 is 0 Å². The number of aryl methyl sites for hydroxylation is 2. The average Bonchev–Trinajstić information content (AvgIpc) is 3.34. The lowest BCUT2D eigenvalue weighted by atomic mass is 9.89. The number of carbonyl (C=O) groups is 1. The maximum atomic E-state index is 12.2. The third-order valence-corrected chi connectivity index (χ3v) is 6.94. The second kappa shape index (κ2) is 10.1. The highest BCUT2D eigenvalue weighted by Gasteiger charge is 2.22. The van der Waals surface area contributed by atoms with E-state index >= 15 is 0 Å². The Morgan fingerprint density at radius 1 is 0.946 bits per heavy atom.